The highest BCUT2D eigenvalue weighted by Gasteiger charge is 1.92. The van der Waals surface area contributed by atoms with Gasteiger partial charge in [-0.1, -0.05) is 19.8 Å². The molecule has 0 aliphatic carbocycles. The minimum absolute atomic E-state index is 0.445. The number of unbranched alkanes of at least 4 members (excludes halogenated alkanes) is 2. The monoisotopic (exact) mass is 156 g/mol. The zero-order chi connectivity index (χ0) is 8.53. The quantitative estimate of drug-likeness (QED) is 0.255. The van der Waals surface area contributed by atoms with E-state index in [9.17, 15) is 4.79 Å². The molecule has 0 heterocycles. The van der Waals surface area contributed by atoms with Gasteiger partial charge in [-0.25, -0.2) is 0 Å². The Morgan fingerprint density at radius 1 is 1.45 bits per heavy atom. The van der Waals surface area contributed by atoms with Gasteiger partial charge < -0.3 is 4.74 Å². The van der Waals surface area contributed by atoms with Crippen molar-refractivity contribution in [2.24, 2.45) is 0 Å². The third kappa shape index (κ3) is 5.64. The highest BCUT2D eigenvalue weighted by Crippen LogP contribution is 1.98. The van der Waals surface area contributed by atoms with Gasteiger partial charge in [-0.05, 0) is 19.4 Å². The van der Waals surface area contributed by atoms with Crippen LogP contribution in [0.4, 0.5) is 0 Å². The third-order valence-electron chi connectivity index (χ3n) is 1.42. The molecule has 0 saturated carbocycles. The normalized spacial score (nSPS) is 11.3. The summed E-state index contributed by atoms with van der Waals surface area (Å²) in [5, 5.41) is 0. The number of hydrogen-bond donors (Lipinski definition) is 0. The van der Waals surface area contributed by atoms with E-state index in [1.807, 2.05) is 0 Å². The number of carbonyl (C=O) groups is 1. The Morgan fingerprint density at radius 3 is 2.64 bits per heavy atom. The average molecular weight is 156 g/mol. The molecule has 0 aliphatic rings. The predicted molar refractivity (Wildman–Crippen MR) is 45.3 cm³/mol. The highest BCUT2D eigenvalue weighted by molar-refractivity contribution is 5.69. The molecule has 0 atom stereocenters. The molecule has 64 valence electrons. The molecular formula is C9H16O2. The van der Waals surface area contributed by atoms with Crippen LogP contribution in [0.15, 0.2) is 11.8 Å². The number of ether oxygens (including phenoxy) is 1. The van der Waals surface area contributed by atoms with E-state index in [-0.39, 0.29) is 0 Å². The van der Waals surface area contributed by atoms with E-state index in [1.54, 1.807) is 13.0 Å². The fourth-order valence-electron chi connectivity index (χ4n) is 0.727. The molecule has 0 fully saturated rings. The van der Waals surface area contributed by atoms with E-state index in [2.05, 4.69) is 6.92 Å². The van der Waals surface area contributed by atoms with E-state index in [0.29, 0.717) is 12.4 Å². The van der Waals surface area contributed by atoms with Crippen LogP contribution >= 0.6 is 0 Å². The maximum atomic E-state index is 10.2. The Balaban J connectivity index is 3.29. The van der Waals surface area contributed by atoms with E-state index in [1.165, 1.54) is 6.42 Å². The van der Waals surface area contributed by atoms with Crippen LogP contribution < -0.4 is 0 Å². The summed E-state index contributed by atoms with van der Waals surface area (Å²) in [7, 11) is 0. The topological polar surface area (TPSA) is 26.3 Å². The predicted octanol–water partition coefficient (Wildman–Crippen LogP) is 2.30. The largest absolute Gasteiger partial charge is 0.491 e. The molecule has 0 bridgehead atoms. The Morgan fingerprint density at radius 2 is 2.18 bits per heavy atom. The molecule has 0 unspecified atom stereocenters. The van der Waals surface area contributed by atoms with Crippen molar-refractivity contribution in [1.29, 1.82) is 0 Å². The Hall–Kier alpha value is -0.790. The molecule has 0 saturated heterocycles. The summed E-state index contributed by atoms with van der Waals surface area (Å²) >= 11 is 0. The van der Waals surface area contributed by atoms with Crippen molar-refractivity contribution in [1.82, 2.24) is 0 Å². The first kappa shape index (κ1) is 10.2. The van der Waals surface area contributed by atoms with Crippen LogP contribution in [0.1, 0.15) is 33.1 Å². The summed E-state index contributed by atoms with van der Waals surface area (Å²) in [6.45, 7) is 4.59. The second-order valence-corrected chi connectivity index (χ2v) is 2.36. The van der Waals surface area contributed by atoms with Crippen molar-refractivity contribution in [3.8, 4) is 0 Å². The molecule has 0 aliphatic heterocycles. The van der Waals surface area contributed by atoms with E-state index in [4.69, 9.17) is 4.74 Å². The minimum atomic E-state index is 0.445. The van der Waals surface area contributed by atoms with Gasteiger partial charge in [0.2, 0.25) is 0 Å². The number of rotatable bonds is 6. The lowest BCUT2D eigenvalue weighted by molar-refractivity contribution is -0.107. The van der Waals surface area contributed by atoms with Crippen LogP contribution in [0.2, 0.25) is 0 Å². The molecule has 0 rings (SSSR count). The molecule has 0 aromatic rings. The van der Waals surface area contributed by atoms with Crippen LogP contribution in [0.5, 0.6) is 0 Å². The summed E-state index contributed by atoms with van der Waals surface area (Å²) < 4.78 is 5.14. The summed E-state index contributed by atoms with van der Waals surface area (Å²) in [6, 6.07) is 0. The number of allylic oxidation sites excluding steroid dienone is 2. The average Bonchev–Trinajstić information content (AvgIpc) is 2.05. The molecule has 0 radical (unpaired) electrons. The van der Waals surface area contributed by atoms with E-state index in [0.717, 1.165) is 19.1 Å². The summed E-state index contributed by atoms with van der Waals surface area (Å²) in [4.78, 5) is 10.2. The maximum absolute atomic E-state index is 10.2. The van der Waals surface area contributed by atoms with Crippen molar-refractivity contribution in [3.05, 3.63) is 11.8 Å². The van der Waals surface area contributed by atoms with Crippen LogP contribution in [0.25, 0.3) is 0 Å². The summed E-state index contributed by atoms with van der Waals surface area (Å²) in [6.07, 6.45) is 5.79. The van der Waals surface area contributed by atoms with Gasteiger partial charge in [-0.3, -0.25) is 4.79 Å². The molecule has 0 amide bonds. The summed E-state index contributed by atoms with van der Waals surface area (Å²) in [5.74, 6) is 0.445. The van der Waals surface area contributed by atoms with E-state index < -0.39 is 0 Å². The Kier molecular flexibility index (Phi) is 6.79. The van der Waals surface area contributed by atoms with Gasteiger partial charge in [0.15, 0.2) is 12.0 Å². The van der Waals surface area contributed by atoms with Crippen LogP contribution in [0.3, 0.4) is 0 Å². The van der Waals surface area contributed by atoms with Gasteiger partial charge in [0, 0.05) is 0 Å². The zero-order valence-electron chi connectivity index (χ0n) is 7.30. The van der Waals surface area contributed by atoms with Crippen molar-refractivity contribution >= 4 is 6.29 Å². The highest BCUT2D eigenvalue weighted by atomic mass is 16.5. The van der Waals surface area contributed by atoms with Gasteiger partial charge in [0.1, 0.15) is 0 Å². The molecule has 2 nitrogen and oxygen atoms in total. The van der Waals surface area contributed by atoms with Crippen LogP contribution in [0, 0.1) is 0 Å². The van der Waals surface area contributed by atoms with Crippen LogP contribution in [-0.4, -0.2) is 12.9 Å². The first-order chi connectivity index (χ1) is 5.35. The molecule has 0 aromatic heterocycles. The van der Waals surface area contributed by atoms with Gasteiger partial charge in [0.05, 0.1) is 6.61 Å². The van der Waals surface area contributed by atoms with Crippen molar-refractivity contribution < 1.29 is 9.53 Å². The van der Waals surface area contributed by atoms with Crippen molar-refractivity contribution in [3.63, 3.8) is 0 Å². The SMILES string of the molecule is CC=C(C=O)OCCCCC. The molecule has 11 heavy (non-hydrogen) atoms. The number of hydrogen-bond acceptors (Lipinski definition) is 2. The second-order valence-electron chi connectivity index (χ2n) is 2.36. The lowest BCUT2D eigenvalue weighted by Crippen LogP contribution is -1.95. The second kappa shape index (κ2) is 7.32. The molecule has 0 spiro atoms. The lowest BCUT2D eigenvalue weighted by atomic mass is 10.3. The maximum Gasteiger partial charge on any atom is 0.184 e. The molecule has 0 aromatic carbocycles. The fraction of sp³-hybridized carbons (Fsp3) is 0.667. The van der Waals surface area contributed by atoms with Crippen molar-refractivity contribution in [2.75, 3.05) is 6.61 Å². The first-order valence-electron chi connectivity index (χ1n) is 4.09. The fourth-order valence-corrected chi connectivity index (χ4v) is 0.727. The lowest BCUT2D eigenvalue weighted by Gasteiger charge is -2.02. The smallest absolute Gasteiger partial charge is 0.184 e. The standard InChI is InChI=1S/C9H16O2/c1-3-5-6-7-11-9(4-2)8-10/h4,8H,3,5-7H2,1-2H3. The third-order valence-corrected chi connectivity index (χ3v) is 1.42. The number of carbonyl (C=O) groups excluding carboxylic acids is 1. The van der Waals surface area contributed by atoms with E-state index >= 15 is 0 Å². The molecule has 0 N–H and O–H groups in total. The van der Waals surface area contributed by atoms with Crippen LogP contribution in [-0.2, 0) is 9.53 Å². The minimum Gasteiger partial charge on any atom is -0.491 e. The first-order valence-corrected chi connectivity index (χ1v) is 4.09. The van der Waals surface area contributed by atoms with Gasteiger partial charge in [-0.15, -0.1) is 0 Å². The summed E-state index contributed by atoms with van der Waals surface area (Å²) in [5.41, 5.74) is 0. The Labute approximate surface area is 68.2 Å². The number of aldehydes is 1. The Bertz CT molecular complexity index is 128. The molecule has 2 heteroatoms. The molecular weight excluding hydrogens is 140 g/mol. The van der Waals surface area contributed by atoms with Gasteiger partial charge in [0.25, 0.3) is 0 Å². The van der Waals surface area contributed by atoms with Crippen molar-refractivity contribution in [2.45, 2.75) is 33.1 Å². The zero-order valence-corrected chi connectivity index (χ0v) is 7.30. The van der Waals surface area contributed by atoms with Gasteiger partial charge >= 0.3 is 0 Å². The van der Waals surface area contributed by atoms with Gasteiger partial charge in [-0.2, -0.15) is 0 Å².